The molecule has 3 rings (SSSR count). The van der Waals surface area contributed by atoms with E-state index in [2.05, 4.69) is 28.8 Å². The number of aromatic nitrogens is 2. The number of rotatable bonds is 2. The monoisotopic (exact) mass is 343 g/mol. The van der Waals surface area contributed by atoms with E-state index in [4.69, 9.17) is 0 Å². The molecule has 1 aliphatic rings. The summed E-state index contributed by atoms with van der Waals surface area (Å²) in [5.74, 6) is 0. The van der Waals surface area contributed by atoms with E-state index in [0.29, 0.717) is 0 Å². The molecule has 2 aromatic rings. The predicted molar refractivity (Wildman–Crippen MR) is 113 cm³/mol. The van der Waals surface area contributed by atoms with Crippen LogP contribution in [0.2, 0.25) is 0 Å². The van der Waals surface area contributed by atoms with E-state index >= 15 is 0 Å². The third kappa shape index (κ3) is 8.26. The highest BCUT2D eigenvalue weighted by Crippen LogP contribution is 2.14. The summed E-state index contributed by atoms with van der Waals surface area (Å²) in [6.45, 7) is 14.7. The second-order valence-electron chi connectivity index (χ2n) is 5.41. The highest BCUT2D eigenvalue weighted by Gasteiger charge is 2.04. The first-order chi connectivity index (χ1) is 12.2. The number of aryl methyl sites for hydroxylation is 1. The van der Waals surface area contributed by atoms with Crippen molar-refractivity contribution in [3.05, 3.63) is 41.7 Å². The van der Waals surface area contributed by atoms with Gasteiger partial charge in [0.2, 0.25) is 0 Å². The second-order valence-corrected chi connectivity index (χ2v) is 5.41. The van der Waals surface area contributed by atoms with Crippen LogP contribution in [0.4, 0.5) is 0 Å². The number of hydrogen-bond donors (Lipinski definition) is 0. The molecule has 1 fully saturated rings. The number of allylic oxidation sites excluding steroid dienone is 1. The molecule has 0 spiro atoms. The smallest absolute Gasteiger partial charge is 0.0894 e. The van der Waals surface area contributed by atoms with Crippen molar-refractivity contribution in [2.75, 3.05) is 20.1 Å². The van der Waals surface area contributed by atoms with Gasteiger partial charge in [0.05, 0.1) is 22.4 Å². The molecular formula is C22H37N3. The van der Waals surface area contributed by atoms with Crippen LogP contribution in [0.3, 0.4) is 0 Å². The molecule has 3 nitrogen and oxygen atoms in total. The standard InChI is InChI=1S/C13H14N2.C5H11N.2C2H6/c1-3-7-11-10(4-2)14-12-8-5-6-9-13(12)15-11;1-6-4-2-3-5-6;2*1-2/h3,5-9H,4H2,1-2H3;2-5H2,1H3;2*1-2H3/b7-3+;;;. The van der Waals surface area contributed by atoms with E-state index in [1.165, 1.54) is 25.9 Å². The van der Waals surface area contributed by atoms with Gasteiger partial charge in [0.25, 0.3) is 0 Å². The average molecular weight is 344 g/mol. The molecule has 1 aromatic carbocycles. The van der Waals surface area contributed by atoms with Crippen LogP contribution in [0, 0.1) is 0 Å². The van der Waals surface area contributed by atoms with Gasteiger partial charge in [-0.2, -0.15) is 0 Å². The van der Waals surface area contributed by atoms with Crippen molar-refractivity contribution < 1.29 is 0 Å². The summed E-state index contributed by atoms with van der Waals surface area (Å²) in [6.07, 6.45) is 7.75. The molecule has 0 bridgehead atoms. The zero-order chi connectivity index (χ0) is 19.1. The van der Waals surface area contributed by atoms with Gasteiger partial charge in [-0.25, -0.2) is 9.97 Å². The molecule has 140 valence electrons. The number of benzene rings is 1. The van der Waals surface area contributed by atoms with Crippen molar-refractivity contribution in [2.45, 2.75) is 60.8 Å². The van der Waals surface area contributed by atoms with E-state index in [-0.39, 0.29) is 0 Å². The van der Waals surface area contributed by atoms with Crippen molar-refractivity contribution in [3.63, 3.8) is 0 Å². The number of para-hydroxylation sites is 2. The summed E-state index contributed by atoms with van der Waals surface area (Å²) in [4.78, 5) is 11.5. The molecule has 0 atom stereocenters. The highest BCUT2D eigenvalue weighted by molar-refractivity contribution is 5.75. The first kappa shape index (κ1) is 23.3. The fourth-order valence-electron chi connectivity index (χ4n) is 2.48. The lowest BCUT2D eigenvalue weighted by Crippen LogP contribution is -2.10. The molecule has 0 N–H and O–H groups in total. The Balaban J connectivity index is 0.000000481. The van der Waals surface area contributed by atoms with Crippen molar-refractivity contribution in [3.8, 4) is 0 Å². The van der Waals surface area contributed by atoms with Crippen LogP contribution in [0.1, 0.15) is 65.8 Å². The van der Waals surface area contributed by atoms with Crippen molar-refractivity contribution in [2.24, 2.45) is 0 Å². The van der Waals surface area contributed by atoms with Gasteiger partial charge < -0.3 is 4.90 Å². The van der Waals surface area contributed by atoms with Crippen LogP contribution in [0.25, 0.3) is 17.1 Å². The first-order valence-corrected chi connectivity index (χ1v) is 9.81. The number of hydrogen-bond acceptors (Lipinski definition) is 3. The van der Waals surface area contributed by atoms with Gasteiger partial charge in [-0.1, -0.05) is 52.8 Å². The lowest BCUT2D eigenvalue weighted by molar-refractivity contribution is 0.418. The van der Waals surface area contributed by atoms with Crippen LogP contribution in [-0.4, -0.2) is 35.0 Å². The Morgan fingerprint density at radius 2 is 1.48 bits per heavy atom. The maximum atomic E-state index is 4.60. The van der Waals surface area contributed by atoms with Gasteiger partial charge in [0, 0.05) is 0 Å². The Labute approximate surface area is 155 Å². The fraction of sp³-hybridized carbons (Fsp3) is 0.545. The van der Waals surface area contributed by atoms with Gasteiger partial charge in [0.15, 0.2) is 0 Å². The van der Waals surface area contributed by atoms with Gasteiger partial charge in [-0.3, -0.25) is 0 Å². The summed E-state index contributed by atoms with van der Waals surface area (Å²) in [6, 6.07) is 7.98. The molecule has 0 radical (unpaired) electrons. The highest BCUT2D eigenvalue weighted by atomic mass is 15.1. The van der Waals surface area contributed by atoms with E-state index < -0.39 is 0 Å². The zero-order valence-electron chi connectivity index (χ0n) is 17.3. The Morgan fingerprint density at radius 1 is 0.960 bits per heavy atom. The maximum absolute atomic E-state index is 4.60. The van der Waals surface area contributed by atoms with Crippen molar-refractivity contribution in [1.29, 1.82) is 0 Å². The third-order valence-electron chi connectivity index (χ3n) is 3.66. The SMILES string of the molecule is C/C=C/c1nc2ccccc2nc1CC.CC.CC.CN1CCCC1. The average Bonchev–Trinajstić information content (AvgIpc) is 3.16. The van der Waals surface area contributed by atoms with Crippen LogP contribution >= 0.6 is 0 Å². The normalized spacial score (nSPS) is 13.4. The van der Waals surface area contributed by atoms with Gasteiger partial charge in [-0.05, 0) is 64.5 Å². The largest absolute Gasteiger partial charge is 0.306 e. The summed E-state index contributed by atoms with van der Waals surface area (Å²) in [7, 11) is 2.17. The van der Waals surface area contributed by atoms with Gasteiger partial charge >= 0.3 is 0 Å². The summed E-state index contributed by atoms with van der Waals surface area (Å²) >= 11 is 0. The zero-order valence-corrected chi connectivity index (χ0v) is 17.3. The van der Waals surface area contributed by atoms with Crippen LogP contribution < -0.4 is 0 Å². The van der Waals surface area contributed by atoms with Gasteiger partial charge in [-0.15, -0.1) is 0 Å². The van der Waals surface area contributed by atoms with E-state index in [1.54, 1.807) is 0 Å². The van der Waals surface area contributed by atoms with Crippen LogP contribution in [0.5, 0.6) is 0 Å². The molecule has 0 unspecified atom stereocenters. The summed E-state index contributed by atoms with van der Waals surface area (Å²) in [5.41, 5.74) is 3.98. The lowest BCUT2D eigenvalue weighted by Gasteiger charge is -2.04. The second kappa shape index (κ2) is 14.6. The Bertz CT molecular complexity index is 599. The molecular weight excluding hydrogens is 306 g/mol. The van der Waals surface area contributed by atoms with Crippen LogP contribution in [-0.2, 0) is 6.42 Å². The topological polar surface area (TPSA) is 29.0 Å². The molecule has 0 saturated carbocycles. The Morgan fingerprint density at radius 3 is 1.88 bits per heavy atom. The molecule has 0 aliphatic carbocycles. The van der Waals surface area contributed by atoms with Crippen molar-refractivity contribution in [1.82, 2.24) is 14.9 Å². The van der Waals surface area contributed by atoms with Gasteiger partial charge in [0.1, 0.15) is 0 Å². The quantitative estimate of drug-likeness (QED) is 0.670. The first-order valence-electron chi connectivity index (χ1n) is 9.81. The minimum atomic E-state index is 0.914. The fourth-order valence-corrected chi connectivity index (χ4v) is 2.48. The number of nitrogens with zero attached hydrogens (tertiary/aromatic N) is 3. The molecule has 25 heavy (non-hydrogen) atoms. The third-order valence-corrected chi connectivity index (χ3v) is 3.66. The number of likely N-dealkylation sites (tertiary alicyclic amines) is 1. The van der Waals surface area contributed by atoms with E-state index in [1.807, 2.05) is 71.0 Å². The molecule has 1 aromatic heterocycles. The van der Waals surface area contributed by atoms with Crippen LogP contribution in [0.15, 0.2) is 30.3 Å². The molecule has 3 heteroatoms. The maximum Gasteiger partial charge on any atom is 0.0894 e. The minimum Gasteiger partial charge on any atom is -0.306 e. The number of fused-ring (bicyclic) bond motifs is 1. The lowest BCUT2D eigenvalue weighted by atomic mass is 10.2. The van der Waals surface area contributed by atoms with E-state index in [9.17, 15) is 0 Å². The molecule has 2 heterocycles. The molecule has 1 saturated heterocycles. The summed E-state index contributed by atoms with van der Waals surface area (Å²) < 4.78 is 0. The Kier molecular flexibility index (Phi) is 13.6. The predicted octanol–water partition coefficient (Wildman–Crippen LogP) is 5.99. The molecule has 1 aliphatic heterocycles. The minimum absolute atomic E-state index is 0.914. The molecule has 0 amide bonds. The van der Waals surface area contributed by atoms with Crippen molar-refractivity contribution >= 4 is 17.1 Å². The van der Waals surface area contributed by atoms with E-state index in [0.717, 1.165) is 28.8 Å². The Hall–Kier alpha value is -1.74. The summed E-state index contributed by atoms with van der Waals surface area (Å²) in [5, 5.41) is 0.